The highest BCUT2D eigenvalue weighted by Crippen LogP contribution is 2.43. The minimum absolute atomic E-state index is 0.0453. The number of rotatable bonds is 12. The Labute approximate surface area is 272 Å². The van der Waals surface area contributed by atoms with Gasteiger partial charge in [-0.3, -0.25) is 0 Å². The van der Waals surface area contributed by atoms with Crippen molar-refractivity contribution in [1.82, 2.24) is 10.3 Å². The molecule has 0 saturated carbocycles. The number of benzene rings is 3. The van der Waals surface area contributed by atoms with Crippen LogP contribution in [0.25, 0.3) is 11.1 Å². The van der Waals surface area contributed by atoms with Gasteiger partial charge in [-0.15, -0.1) is 11.8 Å². The van der Waals surface area contributed by atoms with E-state index in [2.05, 4.69) is 23.8 Å². The molecule has 0 aliphatic carbocycles. The van der Waals surface area contributed by atoms with Crippen molar-refractivity contribution in [3.05, 3.63) is 132 Å². The Bertz CT molecular complexity index is 1650. The molecule has 2 heterocycles. The minimum atomic E-state index is -1.02. The third-order valence-electron chi connectivity index (χ3n) is 7.72. The Morgan fingerprint density at radius 1 is 0.978 bits per heavy atom. The molecule has 4 aromatic rings. The predicted molar refractivity (Wildman–Crippen MR) is 175 cm³/mol. The van der Waals surface area contributed by atoms with E-state index in [1.54, 1.807) is 18.3 Å². The summed E-state index contributed by atoms with van der Waals surface area (Å²) in [6.45, 7) is 6.04. The molecule has 3 aromatic carbocycles. The van der Waals surface area contributed by atoms with E-state index in [4.69, 9.17) is 14.2 Å². The summed E-state index contributed by atoms with van der Waals surface area (Å²) in [5, 5.41) is 22.3. The number of carboxylic acid groups (broad SMARTS) is 1. The van der Waals surface area contributed by atoms with Gasteiger partial charge < -0.3 is 29.7 Å². The summed E-state index contributed by atoms with van der Waals surface area (Å²) in [7, 11) is 0. The predicted octanol–water partition coefficient (Wildman–Crippen LogP) is 6.94. The third kappa shape index (κ3) is 8.21. The smallest absolute Gasteiger partial charge is 0.407 e. The molecular weight excluding hydrogens is 604 g/mol. The third-order valence-corrected chi connectivity index (χ3v) is 8.82. The van der Waals surface area contributed by atoms with Crippen molar-refractivity contribution in [2.45, 2.75) is 43.6 Å². The highest BCUT2D eigenvalue weighted by atomic mass is 32.2. The lowest BCUT2D eigenvalue weighted by atomic mass is 9.91. The molecule has 3 N–H and O–H groups in total. The van der Waals surface area contributed by atoms with Gasteiger partial charge in [0.05, 0.1) is 24.4 Å². The lowest BCUT2D eigenvalue weighted by molar-refractivity contribution is -0.268. The van der Waals surface area contributed by atoms with Gasteiger partial charge in [0.15, 0.2) is 6.29 Å². The van der Waals surface area contributed by atoms with Gasteiger partial charge in [0.2, 0.25) is 0 Å². The van der Waals surface area contributed by atoms with Crippen LogP contribution in [0.3, 0.4) is 0 Å². The second kappa shape index (κ2) is 15.7. The second-order valence-corrected chi connectivity index (χ2v) is 11.9. The Morgan fingerprint density at radius 3 is 2.46 bits per heavy atom. The number of hydrogen-bond donors (Lipinski definition) is 3. The van der Waals surface area contributed by atoms with Crippen LogP contribution in [-0.4, -0.2) is 45.7 Å². The van der Waals surface area contributed by atoms with E-state index in [1.165, 1.54) is 17.8 Å². The maximum atomic E-state index is 11.8. The topological polar surface area (TPSA) is 127 Å². The maximum absolute atomic E-state index is 11.8. The fourth-order valence-corrected chi connectivity index (χ4v) is 6.34. The van der Waals surface area contributed by atoms with Crippen molar-refractivity contribution < 1.29 is 34.0 Å². The Hall–Kier alpha value is -4.48. The van der Waals surface area contributed by atoms with Crippen LogP contribution < -0.4 is 5.32 Å². The van der Waals surface area contributed by atoms with Gasteiger partial charge in [-0.05, 0) is 46.0 Å². The molecule has 4 atom stereocenters. The number of carboxylic acids is 1. The fraction of sp³-hybridized carbons (Fsp3) is 0.250. The molecule has 238 valence electrons. The molecule has 1 aliphatic heterocycles. The van der Waals surface area contributed by atoms with E-state index in [0.717, 1.165) is 33.4 Å². The van der Waals surface area contributed by atoms with E-state index < -0.39 is 18.4 Å². The van der Waals surface area contributed by atoms with Crippen LogP contribution in [-0.2, 0) is 27.4 Å². The first-order valence-corrected chi connectivity index (χ1v) is 15.9. The molecular formula is C36H36N2O7S. The van der Waals surface area contributed by atoms with E-state index in [-0.39, 0.29) is 36.9 Å². The SMILES string of the molecule is C=CCOC(=O)NCc1cccc(-c2ccc([C@@H]3O[C@H](CSc4ncccc4C(=O)O)[C@H](C)[C@H](c4ccc(CO)cc4)O3)cc2)c1. The number of aromatic nitrogens is 1. The number of alkyl carbamates (subject to hydrolysis) is 1. The van der Waals surface area contributed by atoms with E-state index in [1.807, 2.05) is 72.8 Å². The molecule has 1 saturated heterocycles. The fourth-order valence-electron chi connectivity index (χ4n) is 5.19. The number of aromatic carboxylic acids is 1. The standard InChI is InChI=1S/C36H36N2O7S/c1-3-18-43-36(42)38-20-25-6-4-7-29(19-25)26-13-15-28(16-14-26)35-44-31(22-46-33-30(34(40)41)8-5-17-37-33)23(2)32(45-35)27-11-9-24(21-39)10-12-27/h3-17,19,23,31-32,35,39H,1,18,20-22H2,2H3,(H,38,42)(H,40,41)/t23-,31+,32+,35+/m0/s1. The first kappa shape index (κ1) is 32.9. The number of nitrogens with one attached hydrogen (secondary N) is 1. The molecule has 0 radical (unpaired) electrons. The molecule has 0 unspecified atom stereocenters. The molecule has 9 nitrogen and oxygen atoms in total. The van der Waals surface area contributed by atoms with Gasteiger partial charge in [-0.1, -0.05) is 86.3 Å². The molecule has 1 fully saturated rings. The number of amides is 1. The molecule has 46 heavy (non-hydrogen) atoms. The van der Waals surface area contributed by atoms with Crippen LogP contribution in [0.5, 0.6) is 0 Å². The number of pyridine rings is 1. The summed E-state index contributed by atoms with van der Waals surface area (Å²) < 4.78 is 18.1. The first-order valence-electron chi connectivity index (χ1n) is 14.9. The number of aliphatic hydroxyl groups excluding tert-OH is 1. The molecule has 0 bridgehead atoms. The Kier molecular flexibility index (Phi) is 11.2. The largest absolute Gasteiger partial charge is 0.478 e. The number of hydrogen-bond acceptors (Lipinski definition) is 8. The molecule has 0 spiro atoms. The lowest BCUT2D eigenvalue weighted by Crippen LogP contribution is -2.38. The maximum Gasteiger partial charge on any atom is 0.407 e. The van der Waals surface area contributed by atoms with Crippen LogP contribution in [0.2, 0.25) is 0 Å². The van der Waals surface area contributed by atoms with Crippen LogP contribution in [0.1, 0.15) is 51.9 Å². The van der Waals surface area contributed by atoms with Crippen LogP contribution in [0.15, 0.2) is 109 Å². The summed E-state index contributed by atoms with van der Waals surface area (Å²) in [5.41, 5.74) is 5.68. The van der Waals surface area contributed by atoms with Crippen LogP contribution >= 0.6 is 11.8 Å². The highest BCUT2D eigenvalue weighted by molar-refractivity contribution is 7.99. The van der Waals surface area contributed by atoms with Crippen molar-refractivity contribution in [2.75, 3.05) is 12.4 Å². The van der Waals surface area contributed by atoms with Crippen molar-refractivity contribution in [2.24, 2.45) is 5.92 Å². The van der Waals surface area contributed by atoms with E-state index in [9.17, 15) is 19.8 Å². The Balaban J connectivity index is 1.34. The van der Waals surface area contributed by atoms with E-state index >= 15 is 0 Å². The molecule has 1 amide bonds. The quantitative estimate of drug-likeness (QED) is 0.112. The normalized spacial score (nSPS) is 19.3. The van der Waals surface area contributed by atoms with Crippen molar-refractivity contribution in [3.8, 4) is 11.1 Å². The lowest BCUT2D eigenvalue weighted by Gasteiger charge is -2.41. The summed E-state index contributed by atoms with van der Waals surface area (Å²) >= 11 is 1.35. The zero-order valence-corrected chi connectivity index (χ0v) is 26.2. The summed E-state index contributed by atoms with van der Waals surface area (Å²) in [5.74, 6) is -0.613. The minimum Gasteiger partial charge on any atom is -0.478 e. The summed E-state index contributed by atoms with van der Waals surface area (Å²) in [6.07, 6.45) is 1.35. The number of carbonyl (C=O) groups excluding carboxylic acids is 1. The number of carbonyl (C=O) groups is 2. The second-order valence-electron chi connectivity index (χ2n) is 10.9. The van der Waals surface area contributed by atoms with Crippen molar-refractivity contribution in [1.29, 1.82) is 0 Å². The molecule has 1 aliphatic rings. The molecule has 1 aromatic heterocycles. The van der Waals surface area contributed by atoms with Crippen LogP contribution in [0, 0.1) is 5.92 Å². The monoisotopic (exact) mass is 640 g/mol. The van der Waals surface area contributed by atoms with E-state index in [0.29, 0.717) is 17.3 Å². The van der Waals surface area contributed by atoms with Crippen molar-refractivity contribution >= 4 is 23.8 Å². The number of nitrogens with zero attached hydrogens (tertiary/aromatic N) is 1. The average molecular weight is 641 g/mol. The first-order chi connectivity index (χ1) is 22.4. The number of ether oxygens (including phenoxy) is 3. The van der Waals surface area contributed by atoms with Crippen molar-refractivity contribution in [3.63, 3.8) is 0 Å². The van der Waals surface area contributed by atoms with Gasteiger partial charge >= 0.3 is 12.1 Å². The zero-order chi connectivity index (χ0) is 32.5. The molecule has 5 rings (SSSR count). The summed E-state index contributed by atoms with van der Waals surface area (Å²) in [6, 6.07) is 26.7. The zero-order valence-electron chi connectivity index (χ0n) is 25.4. The number of aliphatic hydroxyl groups is 1. The Morgan fingerprint density at radius 2 is 1.74 bits per heavy atom. The summed E-state index contributed by atoms with van der Waals surface area (Å²) in [4.78, 5) is 27.9. The van der Waals surface area contributed by atoms with Gasteiger partial charge in [0.1, 0.15) is 11.6 Å². The van der Waals surface area contributed by atoms with Crippen LogP contribution in [0.4, 0.5) is 4.79 Å². The average Bonchev–Trinajstić information content (AvgIpc) is 3.09. The van der Waals surface area contributed by atoms with Gasteiger partial charge in [-0.2, -0.15) is 0 Å². The number of thioether (sulfide) groups is 1. The van der Waals surface area contributed by atoms with Gasteiger partial charge in [-0.25, -0.2) is 14.6 Å². The molecule has 10 heteroatoms. The van der Waals surface area contributed by atoms with Gasteiger partial charge in [0, 0.05) is 30.0 Å². The van der Waals surface area contributed by atoms with Gasteiger partial charge in [0.25, 0.3) is 0 Å². The highest BCUT2D eigenvalue weighted by Gasteiger charge is 2.38.